The van der Waals surface area contributed by atoms with E-state index < -0.39 is 35.3 Å². The first-order chi connectivity index (χ1) is 12.6. The first-order valence-corrected chi connectivity index (χ1v) is 10.0. The molecule has 7 nitrogen and oxygen atoms in total. The number of nitrogens with one attached hydrogen (secondary N) is 2. The van der Waals surface area contributed by atoms with Crippen molar-refractivity contribution < 1.29 is 23.9 Å². The molecule has 0 amide bonds. The number of esters is 2. The summed E-state index contributed by atoms with van der Waals surface area (Å²) in [7, 11) is 0. The lowest BCUT2D eigenvalue weighted by molar-refractivity contribution is -0.173. The van der Waals surface area contributed by atoms with Gasteiger partial charge in [0.1, 0.15) is 17.6 Å². The van der Waals surface area contributed by atoms with Crippen molar-refractivity contribution in [3.05, 3.63) is 0 Å². The van der Waals surface area contributed by atoms with E-state index in [0.717, 1.165) is 51.9 Å². The van der Waals surface area contributed by atoms with Crippen molar-refractivity contribution in [2.45, 2.75) is 71.0 Å². The average Bonchev–Trinajstić information content (AvgIpc) is 2.62. The zero-order valence-corrected chi connectivity index (χ0v) is 17.1. The second-order valence-electron chi connectivity index (χ2n) is 8.72. The van der Waals surface area contributed by atoms with E-state index in [-0.39, 0.29) is 11.8 Å². The molecular weight excluding hydrogens is 348 g/mol. The fourth-order valence-corrected chi connectivity index (χ4v) is 4.03. The van der Waals surface area contributed by atoms with Crippen molar-refractivity contribution in [1.82, 2.24) is 10.6 Å². The smallest absolute Gasteiger partial charge is 0.375 e. The van der Waals surface area contributed by atoms with E-state index in [9.17, 15) is 14.4 Å². The van der Waals surface area contributed by atoms with Crippen LogP contribution in [0.1, 0.15) is 59.8 Å². The van der Waals surface area contributed by atoms with Crippen molar-refractivity contribution in [2.75, 3.05) is 26.2 Å². The van der Waals surface area contributed by atoms with E-state index in [1.165, 1.54) is 0 Å². The largest absolute Gasteiger partial charge is 0.459 e. The van der Waals surface area contributed by atoms with Crippen LogP contribution in [0.25, 0.3) is 0 Å². The normalized spacial score (nSPS) is 20.1. The van der Waals surface area contributed by atoms with Crippen molar-refractivity contribution in [3.63, 3.8) is 0 Å². The first kappa shape index (κ1) is 21.8. The molecular formula is C20H34N2O5. The molecule has 0 bridgehead atoms. The van der Waals surface area contributed by atoms with Gasteiger partial charge in [-0.2, -0.15) is 0 Å². The van der Waals surface area contributed by atoms with Crippen LogP contribution in [0.15, 0.2) is 0 Å². The maximum Gasteiger partial charge on any atom is 0.375 e. The predicted molar refractivity (Wildman–Crippen MR) is 101 cm³/mol. The number of ether oxygens (including phenoxy) is 2. The molecule has 0 unspecified atom stereocenters. The van der Waals surface area contributed by atoms with Crippen LogP contribution in [0.4, 0.5) is 0 Å². The van der Waals surface area contributed by atoms with E-state index in [2.05, 4.69) is 10.6 Å². The zero-order valence-electron chi connectivity index (χ0n) is 17.1. The van der Waals surface area contributed by atoms with Gasteiger partial charge in [0, 0.05) is 11.8 Å². The summed E-state index contributed by atoms with van der Waals surface area (Å²) in [5.74, 6) is -2.02. The molecule has 0 aromatic heterocycles. The number of piperidine rings is 2. The van der Waals surface area contributed by atoms with Crippen LogP contribution in [0.2, 0.25) is 0 Å². The molecule has 0 saturated carbocycles. The number of carbonyl (C=O) groups is 3. The van der Waals surface area contributed by atoms with Crippen molar-refractivity contribution in [2.24, 2.45) is 11.8 Å². The molecule has 7 heteroatoms. The Morgan fingerprint density at radius 2 is 1.19 bits per heavy atom. The summed E-state index contributed by atoms with van der Waals surface area (Å²) in [5, 5.41) is 6.54. The molecule has 27 heavy (non-hydrogen) atoms. The van der Waals surface area contributed by atoms with E-state index in [0.29, 0.717) is 0 Å². The maximum absolute atomic E-state index is 12.2. The first-order valence-electron chi connectivity index (χ1n) is 10.0. The Balaban J connectivity index is 1.83. The molecule has 0 aromatic rings. The summed E-state index contributed by atoms with van der Waals surface area (Å²) >= 11 is 0. The quantitative estimate of drug-likeness (QED) is 0.392. The van der Waals surface area contributed by atoms with Gasteiger partial charge in [-0.25, -0.2) is 4.79 Å². The van der Waals surface area contributed by atoms with Crippen LogP contribution >= 0.6 is 0 Å². The molecule has 2 fully saturated rings. The second-order valence-corrected chi connectivity index (χ2v) is 8.72. The standard InChI is InChI=1S/C20H34N2O5/c1-19(2,14-5-9-21-10-6-14)26-17(24)13-16(23)18(25)27-20(3,4)15-7-11-22-12-8-15/h14-15,21-22H,5-13H2,1-4H3. The number of Topliss-reactive ketones (excluding diaryl/α,β-unsaturated/α-hetero) is 1. The molecule has 2 aliphatic rings. The molecule has 0 radical (unpaired) electrons. The van der Waals surface area contributed by atoms with Gasteiger partial charge >= 0.3 is 11.9 Å². The highest BCUT2D eigenvalue weighted by Gasteiger charge is 2.38. The van der Waals surface area contributed by atoms with Crippen LogP contribution in [-0.2, 0) is 23.9 Å². The predicted octanol–water partition coefficient (Wildman–Crippen LogP) is 1.59. The Labute approximate surface area is 161 Å². The van der Waals surface area contributed by atoms with Gasteiger partial charge < -0.3 is 20.1 Å². The minimum Gasteiger partial charge on any atom is -0.459 e. The van der Waals surface area contributed by atoms with Gasteiger partial charge in [-0.15, -0.1) is 0 Å². The molecule has 2 heterocycles. The van der Waals surface area contributed by atoms with Gasteiger partial charge in [-0.1, -0.05) is 0 Å². The molecule has 0 aromatic carbocycles. The topological polar surface area (TPSA) is 93.7 Å². The lowest BCUT2D eigenvalue weighted by Gasteiger charge is -2.37. The monoisotopic (exact) mass is 382 g/mol. The third kappa shape index (κ3) is 6.28. The Bertz CT molecular complexity index is 547. The molecule has 2 aliphatic heterocycles. The maximum atomic E-state index is 12.2. The van der Waals surface area contributed by atoms with E-state index >= 15 is 0 Å². The fourth-order valence-electron chi connectivity index (χ4n) is 4.03. The van der Waals surface area contributed by atoms with Gasteiger partial charge in [0.15, 0.2) is 0 Å². The molecule has 2 rings (SSSR count). The zero-order chi connectivity index (χ0) is 20.1. The number of hydrogen-bond donors (Lipinski definition) is 2. The van der Waals surface area contributed by atoms with E-state index in [1.54, 1.807) is 0 Å². The van der Waals surface area contributed by atoms with Crippen LogP contribution in [0, 0.1) is 11.8 Å². The summed E-state index contributed by atoms with van der Waals surface area (Å²) in [6, 6.07) is 0. The lowest BCUT2D eigenvalue weighted by atomic mass is 9.83. The summed E-state index contributed by atoms with van der Waals surface area (Å²) < 4.78 is 11.0. The molecule has 2 N–H and O–H groups in total. The second kappa shape index (κ2) is 9.15. The van der Waals surface area contributed by atoms with Gasteiger partial charge in [0.25, 0.3) is 5.78 Å². The molecule has 154 valence electrons. The number of ketones is 1. The minimum absolute atomic E-state index is 0.196. The SMILES string of the molecule is CC(C)(OC(=O)CC(=O)C(=O)OC(C)(C)C1CCNCC1)C1CCNCC1. The third-order valence-electron chi connectivity index (χ3n) is 5.91. The highest BCUT2D eigenvalue weighted by Crippen LogP contribution is 2.30. The van der Waals surface area contributed by atoms with Crippen LogP contribution < -0.4 is 10.6 Å². The van der Waals surface area contributed by atoms with Crippen LogP contribution in [0.5, 0.6) is 0 Å². The Morgan fingerprint density at radius 1 is 0.778 bits per heavy atom. The Morgan fingerprint density at radius 3 is 1.63 bits per heavy atom. The Kier molecular flexibility index (Phi) is 7.40. The Hall–Kier alpha value is -1.47. The molecule has 0 aliphatic carbocycles. The third-order valence-corrected chi connectivity index (χ3v) is 5.91. The van der Waals surface area contributed by atoms with Crippen molar-refractivity contribution in [3.8, 4) is 0 Å². The van der Waals surface area contributed by atoms with Gasteiger partial charge in [0.2, 0.25) is 0 Å². The average molecular weight is 383 g/mol. The molecule has 0 spiro atoms. The fraction of sp³-hybridized carbons (Fsp3) is 0.850. The van der Waals surface area contributed by atoms with Crippen molar-refractivity contribution in [1.29, 1.82) is 0 Å². The summed E-state index contributed by atoms with van der Waals surface area (Å²) in [4.78, 5) is 36.6. The summed E-state index contributed by atoms with van der Waals surface area (Å²) in [5.41, 5.74) is -1.38. The summed E-state index contributed by atoms with van der Waals surface area (Å²) in [6.45, 7) is 10.9. The molecule has 2 saturated heterocycles. The number of hydrogen-bond acceptors (Lipinski definition) is 7. The van der Waals surface area contributed by atoms with Gasteiger partial charge in [-0.05, 0) is 79.6 Å². The summed E-state index contributed by atoms with van der Waals surface area (Å²) in [6.07, 6.45) is 3.04. The van der Waals surface area contributed by atoms with E-state index in [4.69, 9.17) is 9.47 Å². The number of carbonyl (C=O) groups excluding carboxylic acids is 3. The van der Waals surface area contributed by atoms with Crippen LogP contribution in [0.3, 0.4) is 0 Å². The van der Waals surface area contributed by atoms with Gasteiger partial charge in [0.05, 0.1) is 0 Å². The number of rotatable bonds is 7. The lowest BCUT2D eigenvalue weighted by Crippen LogP contribution is -2.44. The highest BCUT2D eigenvalue weighted by molar-refractivity contribution is 6.36. The highest BCUT2D eigenvalue weighted by atomic mass is 16.6. The van der Waals surface area contributed by atoms with Crippen molar-refractivity contribution >= 4 is 17.7 Å². The minimum atomic E-state index is -0.949. The molecule has 0 atom stereocenters. The van der Waals surface area contributed by atoms with Gasteiger partial charge in [-0.3, -0.25) is 9.59 Å². The van der Waals surface area contributed by atoms with Crippen LogP contribution in [-0.4, -0.2) is 55.1 Å². The van der Waals surface area contributed by atoms with E-state index in [1.807, 2.05) is 27.7 Å².